The Kier molecular flexibility index (Phi) is 4.59. The highest BCUT2D eigenvalue weighted by Crippen LogP contribution is 2.28. The van der Waals surface area contributed by atoms with Crippen LogP contribution in [-0.4, -0.2) is 5.91 Å². The normalized spacial score (nSPS) is 10.8. The topological polar surface area (TPSA) is 42.2 Å². The fourth-order valence-electron chi connectivity index (χ4n) is 2.88. The number of carbonyl (C=O) groups is 1. The standard InChI is InChI=1S/C22H16BrNO2/c23-18-6-3-4-15(12-18)13-22(25)24-19-10-8-16(9-11-19)21-14-17-5-1-2-7-20(17)26-21/h1-12,14H,13H2,(H,24,25). The van der Waals surface area contributed by atoms with E-state index < -0.39 is 0 Å². The van der Waals surface area contributed by atoms with Crippen molar-refractivity contribution in [2.45, 2.75) is 6.42 Å². The molecule has 0 spiro atoms. The molecule has 0 saturated heterocycles. The van der Waals surface area contributed by atoms with Gasteiger partial charge in [0.1, 0.15) is 11.3 Å². The molecule has 0 bridgehead atoms. The fourth-order valence-corrected chi connectivity index (χ4v) is 3.33. The van der Waals surface area contributed by atoms with Crippen LogP contribution in [0.2, 0.25) is 0 Å². The molecule has 1 amide bonds. The molecule has 4 aromatic rings. The molecular formula is C22H16BrNO2. The maximum atomic E-state index is 12.2. The van der Waals surface area contributed by atoms with Gasteiger partial charge in [0.15, 0.2) is 0 Å². The van der Waals surface area contributed by atoms with Crippen LogP contribution in [-0.2, 0) is 11.2 Å². The van der Waals surface area contributed by atoms with E-state index in [0.717, 1.165) is 38.0 Å². The molecule has 0 aliphatic heterocycles. The molecule has 26 heavy (non-hydrogen) atoms. The Bertz CT molecular complexity index is 1030. The lowest BCUT2D eigenvalue weighted by Gasteiger charge is -2.06. The third-order valence-corrected chi connectivity index (χ3v) is 4.63. The maximum absolute atomic E-state index is 12.2. The molecule has 0 saturated carbocycles. The number of hydrogen-bond donors (Lipinski definition) is 1. The summed E-state index contributed by atoms with van der Waals surface area (Å²) in [5, 5.41) is 4.01. The quantitative estimate of drug-likeness (QED) is 0.449. The van der Waals surface area contributed by atoms with Crippen molar-refractivity contribution < 1.29 is 9.21 Å². The lowest BCUT2D eigenvalue weighted by Crippen LogP contribution is -2.14. The summed E-state index contributed by atoms with van der Waals surface area (Å²) in [6.45, 7) is 0. The number of para-hydroxylation sites is 1. The zero-order valence-corrected chi connectivity index (χ0v) is 15.5. The van der Waals surface area contributed by atoms with Crippen molar-refractivity contribution in [3.05, 3.63) is 88.9 Å². The van der Waals surface area contributed by atoms with Gasteiger partial charge in [0.25, 0.3) is 0 Å². The van der Waals surface area contributed by atoms with Crippen LogP contribution in [0.1, 0.15) is 5.56 Å². The van der Waals surface area contributed by atoms with E-state index in [9.17, 15) is 4.79 Å². The van der Waals surface area contributed by atoms with Crippen LogP contribution in [0, 0.1) is 0 Å². The van der Waals surface area contributed by atoms with E-state index in [2.05, 4.69) is 21.2 Å². The minimum absolute atomic E-state index is 0.0420. The first-order chi connectivity index (χ1) is 12.7. The summed E-state index contributed by atoms with van der Waals surface area (Å²) < 4.78 is 6.84. The van der Waals surface area contributed by atoms with Crippen molar-refractivity contribution in [2.75, 3.05) is 5.32 Å². The van der Waals surface area contributed by atoms with Gasteiger partial charge >= 0.3 is 0 Å². The Balaban J connectivity index is 1.46. The molecule has 0 aliphatic rings. The number of fused-ring (bicyclic) bond motifs is 1. The van der Waals surface area contributed by atoms with E-state index >= 15 is 0 Å². The molecule has 1 heterocycles. The van der Waals surface area contributed by atoms with Crippen molar-refractivity contribution in [3.8, 4) is 11.3 Å². The maximum Gasteiger partial charge on any atom is 0.228 e. The van der Waals surface area contributed by atoms with Gasteiger partial charge in [0, 0.05) is 21.1 Å². The predicted octanol–water partition coefficient (Wildman–Crippen LogP) is 6.04. The second kappa shape index (κ2) is 7.18. The van der Waals surface area contributed by atoms with Crippen LogP contribution in [0.4, 0.5) is 5.69 Å². The monoisotopic (exact) mass is 405 g/mol. The number of halogens is 1. The van der Waals surface area contributed by atoms with Crippen LogP contribution < -0.4 is 5.32 Å². The van der Waals surface area contributed by atoms with Gasteiger partial charge in [0.2, 0.25) is 5.91 Å². The zero-order valence-electron chi connectivity index (χ0n) is 13.9. The number of rotatable bonds is 4. The Hall–Kier alpha value is -2.85. The lowest BCUT2D eigenvalue weighted by atomic mass is 10.1. The third-order valence-electron chi connectivity index (χ3n) is 4.13. The number of carbonyl (C=O) groups excluding carboxylic acids is 1. The number of furan rings is 1. The van der Waals surface area contributed by atoms with Crippen LogP contribution in [0.15, 0.2) is 87.8 Å². The van der Waals surface area contributed by atoms with E-state index in [-0.39, 0.29) is 5.91 Å². The molecule has 0 fully saturated rings. The van der Waals surface area contributed by atoms with Gasteiger partial charge in [-0.15, -0.1) is 0 Å². The third kappa shape index (κ3) is 3.70. The van der Waals surface area contributed by atoms with E-state index in [4.69, 9.17) is 4.42 Å². The van der Waals surface area contributed by atoms with Gasteiger partial charge in [-0.25, -0.2) is 0 Å². The van der Waals surface area contributed by atoms with Crippen molar-refractivity contribution in [1.29, 1.82) is 0 Å². The molecular weight excluding hydrogens is 390 g/mol. The minimum Gasteiger partial charge on any atom is -0.456 e. The van der Waals surface area contributed by atoms with Gasteiger partial charge in [-0.1, -0.05) is 46.3 Å². The number of anilines is 1. The highest BCUT2D eigenvalue weighted by Gasteiger charge is 2.08. The van der Waals surface area contributed by atoms with Crippen molar-refractivity contribution in [1.82, 2.24) is 0 Å². The Morgan fingerprint density at radius 1 is 0.923 bits per heavy atom. The van der Waals surface area contributed by atoms with Gasteiger partial charge in [-0.2, -0.15) is 0 Å². The summed E-state index contributed by atoms with van der Waals surface area (Å²) in [5.41, 5.74) is 3.58. The summed E-state index contributed by atoms with van der Waals surface area (Å²) >= 11 is 3.42. The molecule has 0 atom stereocenters. The molecule has 0 aliphatic carbocycles. The highest BCUT2D eigenvalue weighted by atomic mass is 79.9. The van der Waals surface area contributed by atoms with Gasteiger partial charge in [-0.05, 0) is 54.1 Å². The first kappa shape index (κ1) is 16.6. The van der Waals surface area contributed by atoms with E-state index in [1.807, 2.05) is 78.9 Å². The number of nitrogens with one attached hydrogen (secondary N) is 1. The Morgan fingerprint density at radius 2 is 1.73 bits per heavy atom. The highest BCUT2D eigenvalue weighted by molar-refractivity contribution is 9.10. The molecule has 0 radical (unpaired) electrons. The lowest BCUT2D eigenvalue weighted by molar-refractivity contribution is -0.115. The van der Waals surface area contributed by atoms with Gasteiger partial charge in [0.05, 0.1) is 6.42 Å². The summed E-state index contributed by atoms with van der Waals surface area (Å²) in [5.74, 6) is 0.776. The average molecular weight is 406 g/mol. The van der Waals surface area contributed by atoms with Crippen molar-refractivity contribution >= 4 is 38.5 Å². The fraction of sp³-hybridized carbons (Fsp3) is 0.0455. The summed E-state index contributed by atoms with van der Waals surface area (Å²) in [4.78, 5) is 12.2. The molecule has 128 valence electrons. The molecule has 1 N–H and O–H groups in total. The summed E-state index contributed by atoms with van der Waals surface area (Å²) in [6, 6.07) is 25.4. The zero-order chi connectivity index (χ0) is 17.9. The number of benzene rings is 3. The van der Waals surface area contributed by atoms with Gasteiger partial charge < -0.3 is 9.73 Å². The van der Waals surface area contributed by atoms with E-state index in [1.165, 1.54) is 0 Å². The molecule has 1 aromatic heterocycles. The molecule has 0 unspecified atom stereocenters. The van der Waals surface area contributed by atoms with Crippen molar-refractivity contribution in [2.24, 2.45) is 0 Å². The smallest absolute Gasteiger partial charge is 0.228 e. The second-order valence-electron chi connectivity index (χ2n) is 6.08. The van der Waals surface area contributed by atoms with Crippen LogP contribution in [0.3, 0.4) is 0 Å². The van der Waals surface area contributed by atoms with Crippen molar-refractivity contribution in [3.63, 3.8) is 0 Å². The molecule has 4 heteroatoms. The van der Waals surface area contributed by atoms with Crippen LogP contribution in [0.5, 0.6) is 0 Å². The second-order valence-corrected chi connectivity index (χ2v) is 7.00. The molecule has 4 rings (SSSR count). The SMILES string of the molecule is O=C(Cc1cccc(Br)c1)Nc1ccc(-c2cc3ccccc3o2)cc1. The first-order valence-corrected chi connectivity index (χ1v) is 9.10. The summed E-state index contributed by atoms with van der Waals surface area (Å²) in [6.07, 6.45) is 0.338. The van der Waals surface area contributed by atoms with E-state index in [0.29, 0.717) is 6.42 Å². The first-order valence-electron chi connectivity index (χ1n) is 8.31. The van der Waals surface area contributed by atoms with Gasteiger partial charge in [-0.3, -0.25) is 4.79 Å². The summed E-state index contributed by atoms with van der Waals surface area (Å²) in [7, 11) is 0. The molecule has 3 aromatic carbocycles. The molecule has 3 nitrogen and oxygen atoms in total. The van der Waals surface area contributed by atoms with Crippen LogP contribution >= 0.6 is 15.9 Å². The minimum atomic E-state index is -0.0420. The van der Waals surface area contributed by atoms with E-state index in [1.54, 1.807) is 0 Å². The van der Waals surface area contributed by atoms with Crippen LogP contribution in [0.25, 0.3) is 22.3 Å². The largest absolute Gasteiger partial charge is 0.456 e. The average Bonchev–Trinajstić information content (AvgIpc) is 3.06. The number of amides is 1. The predicted molar refractivity (Wildman–Crippen MR) is 108 cm³/mol. The Morgan fingerprint density at radius 3 is 2.50 bits per heavy atom. The number of hydrogen-bond acceptors (Lipinski definition) is 2. The Labute approximate surface area is 159 Å².